The monoisotopic (exact) mass is 352 g/mol. The molecular formula is C17H26N3O3S+. The highest BCUT2D eigenvalue weighted by molar-refractivity contribution is 7.92. The third kappa shape index (κ3) is 3.57. The standard InChI is InChI=1S/C17H25N3O3S/c1-2-18-10-12-19(13-11-18)17(21)15-5-7-16(8-6-15)20-9-3-4-14-24(20,22)23/h5-8H,2-4,9-14H2,1H3/p+1. The van der Waals surface area contributed by atoms with E-state index in [0.717, 1.165) is 45.6 Å². The van der Waals surface area contributed by atoms with Crippen LogP contribution in [0, 0.1) is 0 Å². The van der Waals surface area contributed by atoms with Crippen LogP contribution in [0.3, 0.4) is 0 Å². The van der Waals surface area contributed by atoms with Crippen molar-refractivity contribution in [2.45, 2.75) is 19.8 Å². The molecule has 2 heterocycles. The van der Waals surface area contributed by atoms with Gasteiger partial charge in [0, 0.05) is 12.1 Å². The molecule has 0 radical (unpaired) electrons. The molecule has 0 atom stereocenters. The summed E-state index contributed by atoms with van der Waals surface area (Å²) in [6.45, 7) is 7.34. The van der Waals surface area contributed by atoms with Crippen molar-refractivity contribution in [2.75, 3.05) is 49.3 Å². The number of quaternary nitrogens is 1. The fourth-order valence-corrected chi connectivity index (χ4v) is 5.05. The van der Waals surface area contributed by atoms with Gasteiger partial charge >= 0.3 is 0 Å². The molecule has 0 unspecified atom stereocenters. The fourth-order valence-electron chi connectivity index (χ4n) is 3.41. The Morgan fingerprint density at radius 3 is 2.33 bits per heavy atom. The lowest BCUT2D eigenvalue weighted by Gasteiger charge is -2.32. The van der Waals surface area contributed by atoms with E-state index < -0.39 is 10.0 Å². The second-order valence-electron chi connectivity index (χ2n) is 6.54. The number of nitrogens with zero attached hydrogens (tertiary/aromatic N) is 2. The number of rotatable bonds is 3. The van der Waals surface area contributed by atoms with Gasteiger partial charge in [-0.3, -0.25) is 9.10 Å². The van der Waals surface area contributed by atoms with Gasteiger partial charge in [-0.15, -0.1) is 0 Å². The molecule has 0 bridgehead atoms. The average Bonchev–Trinajstić information content (AvgIpc) is 2.61. The van der Waals surface area contributed by atoms with E-state index in [-0.39, 0.29) is 11.7 Å². The molecule has 1 amide bonds. The highest BCUT2D eigenvalue weighted by atomic mass is 32.2. The minimum Gasteiger partial charge on any atom is -0.332 e. The number of benzene rings is 1. The molecule has 6 nitrogen and oxygen atoms in total. The van der Waals surface area contributed by atoms with Crippen molar-refractivity contribution in [3.63, 3.8) is 0 Å². The summed E-state index contributed by atoms with van der Waals surface area (Å²) in [5.41, 5.74) is 1.29. The van der Waals surface area contributed by atoms with Gasteiger partial charge in [-0.2, -0.15) is 0 Å². The molecule has 1 N–H and O–H groups in total. The first-order valence-electron chi connectivity index (χ1n) is 8.74. The zero-order valence-electron chi connectivity index (χ0n) is 14.2. The van der Waals surface area contributed by atoms with Gasteiger partial charge in [-0.25, -0.2) is 8.42 Å². The molecule has 3 rings (SSSR count). The summed E-state index contributed by atoms with van der Waals surface area (Å²) < 4.78 is 25.8. The maximum absolute atomic E-state index is 12.6. The van der Waals surface area contributed by atoms with E-state index in [0.29, 0.717) is 17.8 Å². The summed E-state index contributed by atoms with van der Waals surface area (Å²) in [5.74, 6) is 0.246. The lowest BCUT2D eigenvalue weighted by Crippen LogP contribution is -3.14. The van der Waals surface area contributed by atoms with Crippen LogP contribution >= 0.6 is 0 Å². The molecule has 1 aromatic carbocycles. The summed E-state index contributed by atoms with van der Waals surface area (Å²) in [6.07, 6.45) is 1.60. The molecule has 1 aromatic rings. The summed E-state index contributed by atoms with van der Waals surface area (Å²) in [5, 5.41) is 0. The van der Waals surface area contributed by atoms with E-state index in [1.807, 2.05) is 4.90 Å². The van der Waals surface area contributed by atoms with Gasteiger partial charge in [-0.05, 0) is 44.0 Å². The highest BCUT2D eigenvalue weighted by Crippen LogP contribution is 2.24. The van der Waals surface area contributed by atoms with Crippen LogP contribution in [0.25, 0.3) is 0 Å². The normalized spacial score (nSPS) is 21.7. The Morgan fingerprint density at radius 1 is 1.08 bits per heavy atom. The van der Waals surface area contributed by atoms with Gasteiger partial charge in [0.25, 0.3) is 5.91 Å². The molecule has 0 spiro atoms. The molecule has 7 heteroatoms. The number of sulfonamides is 1. The number of likely N-dealkylation sites (N-methyl/N-ethyl adjacent to an activating group) is 1. The zero-order valence-corrected chi connectivity index (χ0v) is 15.0. The van der Waals surface area contributed by atoms with Crippen LogP contribution in [0.5, 0.6) is 0 Å². The third-order valence-corrected chi connectivity index (χ3v) is 6.88. The summed E-state index contributed by atoms with van der Waals surface area (Å²) >= 11 is 0. The van der Waals surface area contributed by atoms with Crippen molar-refractivity contribution in [2.24, 2.45) is 0 Å². The first kappa shape index (κ1) is 17.2. The van der Waals surface area contributed by atoms with Crippen LogP contribution in [-0.2, 0) is 10.0 Å². The van der Waals surface area contributed by atoms with Gasteiger partial charge < -0.3 is 9.80 Å². The predicted molar refractivity (Wildman–Crippen MR) is 94.0 cm³/mol. The highest BCUT2D eigenvalue weighted by Gasteiger charge is 2.27. The van der Waals surface area contributed by atoms with E-state index in [9.17, 15) is 13.2 Å². The molecule has 0 aliphatic carbocycles. The Labute approximate surface area is 144 Å². The SMILES string of the molecule is CC[NH+]1CCN(C(=O)c2ccc(N3CCCCS3(=O)=O)cc2)CC1. The predicted octanol–water partition coefficient (Wildman–Crippen LogP) is -0.0228. The van der Waals surface area contributed by atoms with E-state index >= 15 is 0 Å². The average molecular weight is 352 g/mol. The molecule has 2 saturated heterocycles. The molecule has 0 saturated carbocycles. The van der Waals surface area contributed by atoms with E-state index in [1.54, 1.807) is 24.3 Å². The van der Waals surface area contributed by atoms with Gasteiger partial charge in [0.2, 0.25) is 10.0 Å². The first-order chi connectivity index (χ1) is 11.5. The number of amides is 1. The van der Waals surface area contributed by atoms with Crippen LogP contribution in [-0.4, -0.2) is 64.2 Å². The Bertz CT molecular complexity index is 680. The van der Waals surface area contributed by atoms with Crippen LogP contribution < -0.4 is 9.21 Å². The third-order valence-electron chi connectivity index (χ3n) is 5.01. The topological polar surface area (TPSA) is 62.1 Å². The molecule has 2 fully saturated rings. The van der Waals surface area contributed by atoms with E-state index in [1.165, 1.54) is 9.21 Å². The van der Waals surface area contributed by atoms with Crippen LogP contribution in [0.15, 0.2) is 24.3 Å². The quantitative estimate of drug-likeness (QED) is 0.832. The molecular weight excluding hydrogens is 326 g/mol. The van der Waals surface area contributed by atoms with Gasteiger partial charge in [-0.1, -0.05) is 0 Å². The van der Waals surface area contributed by atoms with E-state index in [4.69, 9.17) is 0 Å². The number of carbonyl (C=O) groups is 1. The number of hydrogen-bond donors (Lipinski definition) is 1. The minimum atomic E-state index is -3.20. The Morgan fingerprint density at radius 2 is 1.75 bits per heavy atom. The number of nitrogens with one attached hydrogen (secondary N) is 1. The van der Waals surface area contributed by atoms with Crippen LogP contribution in [0.4, 0.5) is 5.69 Å². The number of piperazine rings is 1. The van der Waals surface area contributed by atoms with Gasteiger partial charge in [0.05, 0.1) is 44.2 Å². The molecule has 132 valence electrons. The first-order valence-corrected chi connectivity index (χ1v) is 10.4. The number of carbonyl (C=O) groups excluding carboxylic acids is 1. The lowest BCUT2D eigenvalue weighted by molar-refractivity contribution is -0.902. The van der Waals surface area contributed by atoms with Crippen molar-refractivity contribution in [3.05, 3.63) is 29.8 Å². The summed E-state index contributed by atoms with van der Waals surface area (Å²) in [4.78, 5) is 16.0. The summed E-state index contributed by atoms with van der Waals surface area (Å²) in [6, 6.07) is 7.01. The number of anilines is 1. The lowest BCUT2D eigenvalue weighted by atomic mass is 10.1. The molecule has 0 aromatic heterocycles. The maximum atomic E-state index is 12.6. The fraction of sp³-hybridized carbons (Fsp3) is 0.588. The molecule has 2 aliphatic rings. The van der Waals surface area contributed by atoms with Crippen molar-refractivity contribution < 1.29 is 18.1 Å². The largest absolute Gasteiger partial charge is 0.332 e. The molecule has 24 heavy (non-hydrogen) atoms. The van der Waals surface area contributed by atoms with Crippen LogP contribution in [0.2, 0.25) is 0 Å². The second kappa shape index (κ2) is 7.11. The van der Waals surface area contributed by atoms with Crippen LogP contribution in [0.1, 0.15) is 30.1 Å². The van der Waals surface area contributed by atoms with Crippen molar-refractivity contribution in [3.8, 4) is 0 Å². The Hall–Kier alpha value is -1.60. The van der Waals surface area contributed by atoms with Crippen molar-refractivity contribution in [1.82, 2.24) is 4.90 Å². The van der Waals surface area contributed by atoms with Gasteiger partial charge in [0.1, 0.15) is 0 Å². The zero-order chi connectivity index (χ0) is 17.2. The maximum Gasteiger partial charge on any atom is 0.254 e. The van der Waals surface area contributed by atoms with Crippen molar-refractivity contribution in [1.29, 1.82) is 0 Å². The smallest absolute Gasteiger partial charge is 0.254 e. The van der Waals surface area contributed by atoms with Gasteiger partial charge in [0.15, 0.2) is 0 Å². The Balaban J connectivity index is 1.69. The van der Waals surface area contributed by atoms with E-state index in [2.05, 4.69) is 6.92 Å². The number of hydrogen-bond acceptors (Lipinski definition) is 3. The second-order valence-corrected chi connectivity index (χ2v) is 8.55. The minimum absolute atomic E-state index is 0.0400. The Kier molecular flexibility index (Phi) is 5.10. The summed E-state index contributed by atoms with van der Waals surface area (Å²) in [7, 11) is -3.20. The van der Waals surface area contributed by atoms with Crippen molar-refractivity contribution >= 4 is 21.6 Å². The molecule has 2 aliphatic heterocycles.